The third-order valence-electron chi connectivity index (χ3n) is 3.19. The predicted octanol–water partition coefficient (Wildman–Crippen LogP) is 2.39. The van der Waals surface area contributed by atoms with Gasteiger partial charge in [-0.05, 0) is 24.7 Å². The van der Waals surface area contributed by atoms with Crippen LogP contribution in [0.1, 0.15) is 41.0 Å². The molecule has 1 atom stereocenters. The highest BCUT2D eigenvalue weighted by atomic mass is 16.5. The van der Waals surface area contributed by atoms with E-state index in [1.807, 2.05) is 0 Å². The van der Waals surface area contributed by atoms with Gasteiger partial charge in [-0.1, -0.05) is 27.7 Å². The van der Waals surface area contributed by atoms with E-state index in [9.17, 15) is 0 Å². The van der Waals surface area contributed by atoms with Gasteiger partial charge in [0, 0.05) is 5.54 Å². The first-order valence-corrected chi connectivity index (χ1v) is 5.18. The molecule has 78 valence electrons. The van der Waals surface area contributed by atoms with Crippen molar-refractivity contribution in [3.05, 3.63) is 0 Å². The van der Waals surface area contributed by atoms with Crippen LogP contribution in [0.4, 0.5) is 0 Å². The third kappa shape index (κ3) is 2.68. The Morgan fingerprint density at radius 2 is 1.85 bits per heavy atom. The Kier molecular flexibility index (Phi) is 3.03. The van der Waals surface area contributed by atoms with Crippen LogP contribution in [0.5, 0.6) is 0 Å². The monoisotopic (exact) mass is 185 g/mol. The summed E-state index contributed by atoms with van der Waals surface area (Å²) in [5, 5.41) is 3.49. The SMILES string of the molecule is CC(C)C1(C)CC(C)(C)COCN1. The van der Waals surface area contributed by atoms with E-state index < -0.39 is 0 Å². The summed E-state index contributed by atoms with van der Waals surface area (Å²) in [4.78, 5) is 0. The molecule has 1 aliphatic heterocycles. The molecule has 1 heterocycles. The normalized spacial score (nSPS) is 34.6. The Hall–Kier alpha value is -0.0800. The Bertz CT molecular complexity index is 177. The van der Waals surface area contributed by atoms with E-state index in [2.05, 4.69) is 39.9 Å². The number of ether oxygens (including phenoxy) is 1. The topological polar surface area (TPSA) is 21.3 Å². The molecule has 0 aromatic heterocycles. The summed E-state index contributed by atoms with van der Waals surface area (Å²) in [6.45, 7) is 13.0. The molecular formula is C11H23NO. The second kappa shape index (κ2) is 3.58. The van der Waals surface area contributed by atoms with Gasteiger partial charge in [-0.25, -0.2) is 0 Å². The summed E-state index contributed by atoms with van der Waals surface area (Å²) >= 11 is 0. The first kappa shape index (κ1) is 11.0. The minimum atomic E-state index is 0.222. The summed E-state index contributed by atoms with van der Waals surface area (Å²) in [5.41, 5.74) is 0.516. The average molecular weight is 185 g/mol. The molecule has 1 N–H and O–H groups in total. The second-order valence-electron chi connectivity index (χ2n) is 5.58. The Labute approximate surface area is 82.0 Å². The minimum Gasteiger partial charge on any atom is -0.366 e. The zero-order valence-corrected chi connectivity index (χ0v) is 9.61. The molecule has 13 heavy (non-hydrogen) atoms. The highest BCUT2D eigenvalue weighted by Gasteiger charge is 2.36. The lowest BCUT2D eigenvalue weighted by atomic mass is 9.75. The van der Waals surface area contributed by atoms with Crippen molar-refractivity contribution in [2.45, 2.75) is 46.6 Å². The maximum Gasteiger partial charge on any atom is 0.0969 e. The van der Waals surface area contributed by atoms with Crippen LogP contribution >= 0.6 is 0 Å². The van der Waals surface area contributed by atoms with Gasteiger partial charge in [-0.2, -0.15) is 0 Å². The molecule has 0 aromatic carbocycles. The van der Waals surface area contributed by atoms with E-state index in [-0.39, 0.29) is 5.54 Å². The first-order valence-electron chi connectivity index (χ1n) is 5.18. The number of hydrogen-bond donors (Lipinski definition) is 1. The Morgan fingerprint density at radius 3 is 2.38 bits per heavy atom. The molecule has 0 aromatic rings. The van der Waals surface area contributed by atoms with Crippen molar-refractivity contribution in [3.8, 4) is 0 Å². The van der Waals surface area contributed by atoms with Gasteiger partial charge in [0.15, 0.2) is 0 Å². The highest BCUT2D eigenvalue weighted by Crippen LogP contribution is 2.34. The highest BCUT2D eigenvalue weighted by molar-refractivity contribution is 4.92. The van der Waals surface area contributed by atoms with Gasteiger partial charge >= 0.3 is 0 Å². The van der Waals surface area contributed by atoms with E-state index in [0.717, 1.165) is 6.61 Å². The van der Waals surface area contributed by atoms with E-state index in [4.69, 9.17) is 4.74 Å². The van der Waals surface area contributed by atoms with Crippen molar-refractivity contribution >= 4 is 0 Å². The van der Waals surface area contributed by atoms with Gasteiger partial charge in [0.2, 0.25) is 0 Å². The lowest BCUT2D eigenvalue weighted by Crippen LogP contribution is -2.48. The van der Waals surface area contributed by atoms with Crippen molar-refractivity contribution < 1.29 is 4.74 Å². The summed E-state index contributed by atoms with van der Waals surface area (Å²) < 4.78 is 5.54. The lowest BCUT2D eigenvalue weighted by Gasteiger charge is -2.37. The molecule has 1 saturated heterocycles. The molecule has 0 bridgehead atoms. The molecule has 2 heteroatoms. The van der Waals surface area contributed by atoms with Crippen molar-refractivity contribution in [2.75, 3.05) is 13.3 Å². The molecule has 1 fully saturated rings. The molecule has 0 saturated carbocycles. The van der Waals surface area contributed by atoms with Crippen LogP contribution in [0.2, 0.25) is 0 Å². The number of rotatable bonds is 1. The van der Waals surface area contributed by atoms with Gasteiger partial charge in [0.1, 0.15) is 0 Å². The quantitative estimate of drug-likeness (QED) is 0.677. The largest absolute Gasteiger partial charge is 0.366 e. The number of nitrogens with one attached hydrogen (secondary N) is 1. The predicted molar refractivity (Wildman–Crippen MR) is 55.6 cm³/mol. The van der Waals surface area contributed by atoms with Crippen LogP contribution in [0.15, 0.2) is 0 Å². The fourth-order valence-corrected chi connectivity index (χ4v) is 2.06. The molecule has 0 aliphatic carbocycles. The maximum atomic E-state index is 5.54. The summed E-state index contributed by atoms with van der Waals surface area (Å²) in [7, 11) is 0. The summed E-state index contributed by atoms with van der Waals surface area (Å²) in [6.07, 6.45) is 1.18. The Balaban J connectivity index is 2.75. The van der Waals surface area contributed by atoms with E-state index in [1.54, 1.807) is 0 Å². The van der Waals surface area contributed by atoms with E-state index in [0.29, 0.717) is 18.1 Å². The molecule has 0 spiro atoms. The van der Waals surface area contributed by atoms with Crippen LogP contribution in [-0.4, -0.2) is 18.9 Å². The van der Waals surface area contributed by atoms with Crippen molar-refractivity contribution in [1.29, 1.82) is 0 Å². The average Bonchev–Trinajstić information content (AvgIpc) is 2.09. The third-order valence-corrected chi connectivity index (χ3v) is 3.19. The van der Waals surface area contributed by atoms with Gasteiger partial charge in [-0.3, -0.25) is 5.32 Å². The van der Waals surface area contributed by atoms with Crippen molar-refractivity contribution in [3.63, 3.8) is 0 Å². The fraction of sp³-hybridized carbons (Fsp3) is 1.00. The van der Waals surface area contributed by atoms with Gasteiger partial charge in [-0.15, -0.1) is 0 Å². The molecule has 1 rings (SSSR count). The van der Waals surface area contributed by atoms with Gasteiger partial charge < -0.3 is 4.74 Å². The first-order chi connectivity index (χ1) is 5.86. The smallest absolute Gasteiger partial charge is 0.0969 e. The van der Waals surface area contributed by atoms with E-state index in [1.165, 1.54) is 6.42 Å². The molecule has 1 aliphatic rings. The van der Waals surface area contributed by atoms with Crippen LogP contribution in [-0.2, 0) is 4.74 Å². The zero-order valence-electron chi connectivity index (χ0n) is 9.61. The van der Waals surface area contributed by atoms with Crippen LogP contribution in [0.3, 0.4) is 0 Å². The fourth-order valence-electron chi connectivity index (χ4n) is 2.06. The minimum absolute atomic E-state index is 0.222. The maximum absolute atomic E-state index is 5.54. The summed E-state index contributed by atoms with van der Waals surface area (Å²) in [5.74, 6) is 0.647. The molecular weight excluding hydrogens is 162 g/mol. The molecule has 0 radical (unpaired) electrons. The van der Waals surface area contributed by atoms with Crippen molar-refractivity contribution in [2.24, 2.45) is 11.3 Å². The van der Waals surface area contributed by atoms with E-state index >= 15 is 0 Å². The summed E-state index contributed by atoms with van der Waals surface area (Å²) in [6, 6.07) is 0. The Morgan fingerprint density at radius 1 is 1.23 bits per heavy atom. The lowest BCUT2D eigenvalue weighted by molar-refractivity contribution is 0.0736. The molecule has 1 unspecified atom stereocenters. The van der Waals surface area contributed by atoms with Crippen LogP contribution in [0, 0.1) is 11.3 Å². The van der Waals surface area contributed by atoms with Crippen LogP contribution in [0.25, 0.3) is 0 Å². The number of hydrogen-bond acceptors (Lipinski definition) is 2. The van der Waals surface area contributed by atoms with Crippen molar-refractivity contribution in [1.82, 2.24) is 5.32 Å². The standard InChI is InChI=1S/C11H23NO/c1-9(2)11(5)6-10(3,4)7-13-8-12-11/h9,12H,6-8H2,1-5H3. The molecule has 0 amide bonds. The zero-order chi connectivity index (χ0) is 10.1. The molecule has 2 nitrogen and oxygen atoms in total. The second-order valence-corrected chi connectivity index (χ2v) is 5.58. The van der Waals surface area contributed by atoms with Gasteiger partial charge in [0.05, 0.1) is 13.3 Å². The van der Waals surface area contributed by atoms with Gasteiger partial charge in [0.25, 0.3) is 0 Å². The van der Waals surface area contributed by atoms with Crippen LogP contribution < -0.4 is 5.32 Å².